The van der Waals surface area contributed by atoms with Gasteiger partial charge in [-0.2, -0.15) is 0 Å². The van der Waals surface area contributed by atoms with Gasteiger partial charge in [-0.05, 0) is 13.8 Å². The predicted octanol–water partition coefficient (Wildman–Crippen LogP) is 0.379. The van der Waals surface area contributed by atoms with E-state index in [1.807, 2.05) is 13.8 Å². The van der Waals surface area contributed by atoms with Crippen molar-refractivity contribution in [2.75, 3.05) is 39.5 Å². The Bertz CT molecular complexity index is 236. The molecule has 5 nitrogen and oxygen atoms in total. The summed E-state index contributed by atoms with van der Waals surface area (Å²) in [6, 6.07) is 0. The molecule has 0 saturated carbocycles. The monoisotopic (exact) mass is 244 g/mol. The molecule has 0 atom stereocenters. The molecule has 1 saturated heterocycles. The summed E-state index contributed by atoms with van der Waals surface area (Å²) in [6.07, 6.45) is 1.55. The zero-order valence-electron chi connectivity index (χ0n) is 10.9. The van der Waals surface area contributed by atoms with Crippen LogP contribution in [0, 0.1) is 0 Å². The van der Waals surface area contributed by atoms with E-state index in [4.69, 9.17) is 15.2 Å². The number of amides is 1. The number of hydrogen-bond donors (Lipinski definition) is 1. The van der Waals surface area contributed by atoms with Gasteiger partial charge in [0.15, 0.2) is 0 Å². The smallest absolute Gasteiger partial charge is 0.248 e. The topological polar surface area (TPSA) is 64.8 Å². The minimum Gasteiger partial charge on any atom is -0.381 e. The quantitative estimate of drug-likeness (QED) is 0.733. The second-order valence-electron chi connectivity index (χ2n) is 4.35. The van der Waals surface area contributed by atoms with Crippen LogP contribution in [0.5, 0.6) is 0 Å². The second kappa shape index (κ2) is 6.93. The summed E-state index contributed by atoms with van der Waals surface area (Å²) in [7, 11) is 0. The van der Waals surface area contributed by atoms with Gasteiger partial charge in [-0.1, -0.05) is 0 Å². The van der Waals surface area contributed by atoms with Crippen molar-refractivity contribution in [1.82, 2.24) is 4.90 Å². The molecule has 1 aliphatic rings. The van der Waals surface area contributed by atoms with Gasteiger partial charge in [-0.15, -0.1) is 0 Å². The first-order valence-electron chi connectivity index (χ1n) is 6.37. The van der Waals surface area contributed by atoms with Crippen LogP contribution in [-0.2, 0) is 14.3 Å². The fourth-order valence-corrected chi connectivity index (χ4v) is 2.03. The van der Waals surface area contributed by atoms with Gasteiger partial charge in [0.2, 0.25) is 5.91 Å². The summed E-state index contributed by atoms with van der Waals surface area (Å²) in [5.74, 6) is 0.0364. The fourth-order valence-electron chi connectivity index (χ4n) is 2.03. The maximum atomic E-state index is 11.8. The van der Waals surface area contributed by atoms with E-state index in [0.717, 1.165) is 25.9 Å². The molecule has 1 rings (SSSR count). The molecule has 0 aromatic heterocycles. The molecule has 2 N–H and O–H groups in total. The SMILES string of the molecule is CCN(CC)C(=O)COC1(CN)CCOCC1. The second-order valence-corrected chi connectivity index (χ2v) is 4.35. The third-order valence-electron chi connectivity index (χ3n) is 3.39. The van der Waals surface area contributed by atoms with E-state index in [-0.39, 0.29) is 18.1 Å². The van der Waals surface area contributed by atoms with Gasteiger partial charge in [0, 0.05) is 45.7 Å². The predicted molar refractivity (Wildman–Crippen MR) is 65.7 cm³/mol. The Morgan fingerprint density at radius 3 is 2.41 bits per heavy atom. The standard InChI is InChI=1S/C12H24N2O3/c1-3-14(4-2)11(15)9-17-12(10-13)5-7-16-8-6-12/h3-10,13H2,1-2H3. The number of carbonyl (C=O) groups excluding carboxylic acids is 1. The van der Waals surface area contributed by atoms with Crippen molar-refractivity contribution in [2.45, 2.75) is 32.3 Å². The van der Waals surface area contributed by atoms with E-state index in [2.05, 4.69) is 0 Å². The first-order valence-corrected chi connectivity index (χ1v) is 6.37. The molecule has 0 bridgehead atoms. The number of hydrogen-bond acceptors (Lipinski definition) is 4. The molecule has 5 heteroatoms. The number of carbonyl (C=O) groups is 1. The first kappa shape index (κ1) is 14.4. The molecule has 0 unspecified atom stereocenters. The van der Waals surface area contributed by atoms with Gasteiger partial charge >= 0.3 is 0 Å². The first-order chi connectivity index (χ1) is 8.17. The lowest BCUT2D eigenvalue weighted by atomic mass is 9.94. The molecule has 1 aliphatic heterocycles. The minimum absolute atomic E-state index is 0.0364. The zero-order valence-corrected chi connectivity index (χ0v) is 10.9. The van der Waals surface area contributed by atoms with Crippen molar-refractivity contribution >= 4 is 5.91 Å². The highest BCUT2D eigenvalue weighted by molar-refractivity contribution is 5.77. The largest absolute Gasteiger partial charge is 0.381 e. The van der Waals surface area contributed by atoms with Gasteiger partial charge in [0.05, 0.1) is 5.60 Å². The summed E-state index contributed by atoms with van der Waals surface area (Å²) in [6.45, 7) is 7.27. The number of nitrogens with zero attached hydrogens (tertiary/aromatic N) is 1. The summed E-state index contributed by atoms with van der Waals surface area (Å²) >= 11 is 0. The third-order valence-corrected chi connectivity index (χ3v) is 3.39. The van der Waals surface area contributed by atoms with Crippen LogP contribution in [0.2, 0.25) is 0 Å². The summed E-state index contributed by atoms with van der Waals surface area (Å²) in [4.78, 5) is 13.6. The van der Waals surface area contributed by atoms with Crippen LogP contribution >= 0.6 is 0 Å². The zero-order chi connectivity index (χ0) is 12.7. The van der Waals surface area contributed by atoms with Crippen LogP contribution in [0.15, 0.2) is 0 Å². The van der Waals surface area contributed by atoms with Gasteiger partial charge in [-0.3, -0.25) is 4.79 Å². The van der Waals surface area contributed by atoms with Crippen molar-refractivity contribution in [3.05, 3.63) is 0 Å². The average molecular weight is 244 g/mol. The molecule has 0 radical (unpaired) electrons. The maximum Gasteiger partial charge on any atom is 0.248 e. The van der Waals surface area contributed by atoms with Gasteiger partial charge in [0.1, 0.15) is 6.61 Å². The van der Waals surface area contributed by atoms with E-state index < -0.39 is 0 Å². The van der Waals surface area contributed by atoms with Crippen LogP contribution in [-0.4, -0.2) is 55.9 Å². The Kier molecular flexibility index (Phi) is 5.88. The number of rotatable bonds is 6. The molecule has 1 amide bonds. The molecular weight excluding hydrogens is 220 g/mol. The summed E-state index contributed by atoms with van der Waals surface area (Å²) in [5, 5.41) is 0. The Morgan fingerprint density at radius 2 is 1.94 bits per heavy atom. The molecule has 0 aromatic carbocycles. The van der Waals surface area contributed by atoms with Crippen LogP contribution in [0.4, 0.5) is 0 Å². The number of likely N-dealkylation sites (N-methyl/N-ethyl adjacent to an activating group) is 1. The van der Waals surface area contributed by atoms with Crippen LogP contribution in [0.3, 0.4) is 0 Å². The van der Waals surface area contributed by atoms with Crippen LogP contribution < -0.4 is 5.73 Å². The summed E-state index contributed by atoms with van der Waals surface area (Å²) in [5.41, 5.74) is 5.40. The Morgan fingerprint density at radius 1 is 1.35 bits per heavy atom. The third kappa shape index (κ3) is 3.94. The Balaban J connectivity index is 2.44. The molecule has 0 aromatic rings. The highest BCUT2D eigenvalue weighted by atomic mass is 16.5. The lowest BCUT2D eigenvalue weighted by Crippen LogP contribution is -2.47. The van der Waals surface area contributed by atoms with Gasteiger partial charge in [0.25, 0.3) is 0 Å². The maximum absolute atomic E-state index is 11.8. The van der Waals surface area contributed by atoms with Crippen LogP contribution in [0.1, 0.15) is 26.7 Å². The lowest BCUT2D eigenvalue weighted by Gasteiger charge is -2.36. The van der Waals surface area contributed by atoms with Crippen LogP contribution in [0.25, 0.3) is 0 Å². The van der Waals surface area contributed by atoms with E-state index >= 15 is 0 Å². The van der Waals surface area contributed by atoms with Crippen molar-refractivity contribution in [1.29, 1.82) is 0 Å². The lowest BCUT2D eigenvalue weighted by molar-refractivity contribution is -0.150. The minimum atomic E-state index is -0.360. The Labute approximate surface area is 103 Å². The van der Waals surface area contributed by atoms with E-state index in [1.54, 1.807) is 4.90 Å². The van der Waals surface area contributed by atoms with E-state index in [9.17, 15) is 4.79 Å². The van der Waals surface area contributed by atoms with Crippen molar-refractivity contribution in [2.24, 2.45) is 5.73 Å². The molecule has 1 heterocycles. The fraction of sp³-hybridized carbons (Fsp3) is 0.917. The van der Waals surface area contributed by atoms with E-state index in [0.29, 0.717) is 19.8 Å². The highest BCUT2D eigenvalue weighted by Gasteiger charge is 2.33. The van der Waals surface area contributed by atoms with Crippen molar-refractivity contribution in [3.8, 4) is 0 Å². The molecule has 100 valence electrons. The molecule has 0 spiro atoms. The normalized spacial score (nSPS) is 19.0. The number of ether oxygens (including phenoxy) is 2. The Hall–Kier alpha value is -0.650. The molecule has 0 aliphatic carbocycles. The number of nitrogens with two attached hydrogens (primary N) is 1. The van der Waals surface area contributed by atoms with Gasteiger partial charge < -0.3 is 20.1 Å². The molecular formula is C12H24N2O3. The van der Waals surface area contributed by atoms with Crippen molar-refractivity contribution in [3.63, 3.8) is 0 Å². The average Bonchev–Trinajstić information content (AvgIpc) is 2.39. The van der Waals surface area contributed by atoms with E-state index in [1.165, 1.54) is 0 Å². The summed E-state index contributed by atoms with van der Waals surface area (Å²) < 4.78 is 11.1. The van der Waals surface area contributed by atoms with Crippen molar-refractivity contribution < 1.29 is 14.3 Å². The highest BCUT2D eigenvalue weighted by Crippen LogP contribution is 2.23. The molecule has 1 fully saturated rings. The molecule has 17 heavy (non-hydrogen) atoms. The van der Waals surface area contributed by atoms with Gasteiger partial charge in [-0.25, -0.2) is 0 Å².